The van der Waals surface area contributed by atoms with Gasteiger partial charge in [0.25, 0.3) is 0 Å². The smallest absolute Gasteiger partial charge is 0.308 e. The van der Waals surface area contributed by atoms with Gasteiger partial charge < -0.3 is 5.32 Å². The second kappa shape index (κ2) is 9.25. The lowest BCUT2D eigenvalue weighted by atomic mass is 10.1. The quantitative estimate of drug-likeness (QED) is 0.510. The van der Waals surface area contributed by atoms with Crippen molar-refractivity contribution in [3.05, 3.63) is 56.7 Å². The van der Waals surface area contributed by atoms with Gasteiger partial charge in [-0.15, -0.1) is 0 Å². The summed E-state index contributed by atoms with van der Waals surface area (Å²) in [5.41, 5.74) is 2.35. The van der Waals surface area contributed by atoms with Crippen LogP contribution in [-0.4, -0.2) is 31.2 Å². The first kappa shape index (κ1) is 24.3. The van der Waals surface area contributed by atoms with Gasteiger partial charge in [-0.25, -0.2) is 8.42 Å². The predicted octanol–water partition coefficient (Wildman–Crippen LogP) is 4.79. The van der Waals surface area contributed by atoms with E-state index in [2.05, 4.69) is 5.32 Å². The maximum absolute atomic E-state index is 13.2. The second-order valence-electron chi connectivity index (χ2n) is 7.92. The van der Waals surface area contributed by atoms with E-state index >= 15 is 0 Å². The highest BCUT2D eigenvalue weighted by molar-refractivity contribution is 7.92. The molecular formula is C22H26ClN3O4S2. The number of rotatable bonds is 7. The van der Waals surface area contributed by atoms with Crippen molar-refractivity contribution in [3.8, 4) is 0 Å². The lowest BCUT2D eigenvalue weighted by Crippen LogP contribution is -2.47. The van der Waals surface area contributed by atoms with E-state index in [1.807, 2.05) is 13.8 Å². The van der Waals surface area contributed by atoms with Crippen molar-refractivity contribution < 1.29 is 13.2 Å². The van der Waals surface area contributed by atoms with Gasteiger partial charge in [-0.2, -0.15) is 0 Å². The lowest BCUT2D eigenvalue weighted by Gasteiger charge is -2.31. The number of nitrogens with one attached hydrogen (secondary N) is 1. The van der Waals surface area contributed by atoms with E-state index in [9.17, 15) is 18.0 Å². The number of thiazole rings is 1. The zero-order valence-electron chi connectivity index (χ0n) is 18.5. The maximum Gasteiger partial charge on any atom is 0.308 e. The number of aryl methyl sites for hydroxylation is 1. The van der Waals surface area contributed by atoms with E-state index in [-0.39, 0.29) is 17.3 Å². The largest absolute Gasteiger partial charge is 0.324 e. The van der Waals surface area contributed by atoms with E-state index in [1.54, 1.807) is 54.8 Å². The molecule has 10 heteroatoms. The van der Waals surface area contributed by atoms with Gasteiger partial charge in [0.15, 0.2) is 0 Å². The molecular weight excluding hydrogens is 470 g/mol. The molecule has 1 aromatic heterocycles. The van der Waals surface area contributed by atoms with Gasteiger partial charge in [-0.05, 0) is 63.1 Å². The number of nitrogens with zero attached hydrogens (tertiary/aromatic N) is 2. The van der Waals surface area contributed by atoms with Crippen LogP contribution in [0.25, 0.3) is 10.2 Å². The van der Waals surface area contributed by atoms with Crippen molar-refractivity contribution >= 4 is 60.5 Å². The van der Waals surface area contributed by atoms with Crippen LogP contribution < -0.4 is 14.5 Å². The molecule has 1 N–H and O–H groups in total. The van der Waals surface area contributed by atoms with Crippen molar-refractivity contribution in [2.75, 3.05) is 15.9 Å². The van der Waals surface area contributed by atoms with E-state index in [4.69, 9.17) is 11.6 Å². The van der Waals surface area contributed by atoms with Crippen LogP contribution in [0, 0.1) is 6.92 Å². The summed E-state index contributed by atoms with van der Waals surface area (Å²) in [5, 5.41) is 3.20. The van der Waals surface area contributed by atoms with Crippen LogP contribution in [0.2, 0.25) is 5.02 Å². The number of sulfonamides is 1. The number of amides is 1. The minimum atomic E-state index is -3.78. The van der Waals surface area contributed by atoms with E-state index < -0.39 is 22.0 Å². The third kappa shape index (κ3) is 4.84. The van der Waals surface area contributed by atoms with Gasteiger partial charge in [0.2, 0.25) is 15.9 Å². The molecule has 1 heterocycles. The van der Waals surface area contributed by atoms with Gasteiger partial charge in [-0.1, -0.05) is 35.9 Å². The SMILES string of the molecule is CC[C@H](C(=O)Nc1ccc2c(c1)sc(=O)n2C(C)C)N(c1cc(Cl)ccc1C)S(C)(=O)=O. The Labute approximate surface area is 196 Å². The van der Waals surface area contributed by atoms with Gasteiger partial charge in [0, 0.05) is 16.8 Å². The first-order valence-electron chi connectivity index (χ1n) is 10.2. The van der Waals surface area contributed by atoms with E-state index in [1.165, 1.54) is 0 Å². The van der Waals surface area contributed by atoms with Crippen LogP contribution in [0.3, 0.4) is 0 Å². The highest BCUT2D eigenvalue weighted by Crippen LogP contribution is 2.30. The van der Waals surface area contributed by atoms with Crippen LogP contribution in [-0.2, 0) is 14.8 Å². The number of carbonyl (C=O) groups is 1. The number of hydrogen-bond donors (Lipinski definition) is 1. The fourth-order valence-corrected chi connectivity index (χ4v) is 6.16. The molecule has 0 spiro atoms. The topological polar surface area (TPSA) is 88.5 Å². The third-order valence-corrected chi connectivity index (χ3v) is 7.45. The molecule has 3 rings (SSSR count). The molecule has 0 unspecified atom stereocenters. The average Bonchev–Trinajstić information content (AvgIpc) is 3.02. The Bertz CT molecular complexity index is 1330. The van der Waals surface area contributed by atoms with E-state index in [0.717, 1.165) is 32.1 Å². The number of anilines is 2. The summed E-state index contributed by atoms with van der Waals surface area (Å²) in [5.74, 6) is -0.465. The molecule has 0 aliphatic rings. The standard InChI is InChI=1S/C22H26ClN3O4S2/c1-6-17(26(32(5,29)30)19-11-15(23)8-7-14(19)4)21(27)24-16-9-10-18-20(12-16)31-22(28)25(18)13(2)3/h7-13,17H,6H2,1-5H3,(H,24,27)/t17-/m1/s1. The summed E-state index contributed by atoms with van der Waals surface area (Å²) in [4.78, 5) is 25.4. The normalized spacial score (nSPS) is 12.8. The minimum absolute atomic E-state index is 0.0189. The predicted molar refractivity (Wildman–Crippen MR) is 133 cm³/mol. The number of carbonyl (C=O) groups excluding carboxylic acids is 1. The molecule has 7 nitrogen and oxygen atoms in total. The molecule has 0 aliphatic carbocycles. The van der Waals surface area contributed by atoms with Crippen LogP contribution in [0.1, 0.15) is 38.8 Å². The Morgan fingerprint density at radius 3 is 2.50 bits per heavy atom. The van der Waals surface area contributed by atoms with Crippen LogP contribution in [0.15, 0.2) is 41.2 Å². The Morgan fingerprint density at radius 2 is 1.91 bits per heavy atom. The van der Waals surface area contributed by atoms with Gasteiger partial charge in [0.1, 0.15) is 6.04 Å². The molecule has 1 amide bonds. The number of benzene rings is 2. The number of aromatic nitrogens is 1. The number of fused-ring (bicyclic) bond motifs is 1. The molecule has 0 bridgehead atoms. The molecule has 32 heavy (non-hydrogen) atoms. The van der Waals surface area contributed by atoms with E-state index in [0.29, 0.717) is 22.0 Å². The molecule has 3 aromatic rings. The van der Waals surface area contributed by atoms with Gasteiger partial charge in [-0.3, -0.25) is 18.5 Å². The highest BCUT2D eigenvalue weighted by atomic mass is 35.5. The molecule has 0 fully saturated rings. The molecule has 0 radical (unpaired) electrons. The summed E-state index contributed by atoms with van der Waals surface area (Å²) >= 11 is 7.22. The van der Waals surface area contributed by atoms with Crippen molar-refractivity contribution in [2.45, 2.75) is 46.2 Å². The van der Waals surface area contributed by atoms with Crippen LogP contribution in [0.5, 0.6) is 0 Å². The van der Waals surface area contributed by atoms with Crippen molar-refractivity contribution in [1.82, 2.24) is 4.57 Å². The lowest BCUT2D eigenvalue weighted by molar-refractivity contribution is -0.117. The highest BCUT2D eigenvalue weighted by Gasteiger charge is 2.32. The van der Waals surface area contributed by atoms with Crippen molar-refractivity contribution in [1.29, 1.82) is 0 Å². The molecule has 2 aromatic carbocycles. The Kier molecular flexibility index (Phi) is 7.02. The van der Waals surface area contributed by atoms with Crippen LogP contribution in [0.4, 0.5) is 11.4 Å². The fraction of sp³-hybridized carbons (Fsp3) is 0.364. The molecule has 0 saturated heterocycles. The summed E-state index contributed by atoms with van der Waals surface area (Å²) < 4.78 is 29.0. The molecule has 0 saturated carbocycles. The summed E-state index contributed by atoms with van der Waals surface area (Å²) in [6, 6.07) is 9.22. The monoisotopic (exact) mass is 495 g/mol. The third-order valence-electron chi connectivity index (χ3n) is 5.14. The maximum atomic E-state index is 13.2. The number of hydrogen-bond acceptors (Lipinski definition) is 5. The Morgan fingerprint density at radius 1 is 1.22 bits per heavy atom. The second-order valence-corrected chi connectivity index (χ2v) is 11.2. The fourth-order valence-electron chi connectivity index (χ4n) is 3.68. The summed E-state index contributed by atoms with van der Waals surface area (Å²) in [6.45, 7) is 7.39. The first-order valence-corrected chi connectivity index (χ1v) is 13.2. The Hall–Kier alpha value is -2.36. The number of halogens is 1. The Balaban J connectivity index is 1.98. The summed E-state index contributed by atoms with van der Waals surface area (Å²) in [6.07, 6.45) is 1.32. The van der Waals surface area contributed by atoms with Crippen molar-refractivity contribution in [2.24, 2.45) is 0 Å². The first-order chi connectivity index (χ1) is 14.9. The minimum Gasteiger partial charge on any atom is -0.324 e. The summed E-state index contributed by atoms with van der Waals surface area (Å²) in [7, 11) is -3.78. The van der Waals surface area contributed by atoms with Crippen molar-refractivity contribution in [3.63, 3.8) is 0 Å². The average molecular weight is 496 g/mol. The van der Waals surface area contributed by atoms with Gasteiger partial charge in [0.05, 0.1) is 22.2 Å². The zero-order valence-corrected chi connectivity index (χ0v) is 20.9. The molecule has 1 atom stereocenters. The van der Waals surface area contributed by atoms with Crippen LogP contribution >= 0.6 is 22.9 Å². The molecule has 172 valence electrons. The molecule has 0 aliphatic heterocycles. The van der Waals surface area contributed by atoms with Gasteiger partial charge >= 0.3 is 4.87 Å². The zero-order chi connectivity index (χ0) is 23.8.